The van der Waals surface area contributed by atoms with E-state index in [9.17, 15) is 9.59 Å². The van der Waals surface area contributed by atoms with Crippen molar-refractivity contribution in [2.24, 2.45) is 0 Å². The van der Waals surface area contributed by atoms with E-state index >= 15 is 0 Å². The Morgan fingerprint density at radius 3 is 1.59 bits per heavy atom. The number of carbonyl (C=O) groups is 2. The molecule has 1 atom stereocenters. The van der Waals surface area contributed by atoms with Crippen molar-refractivity contribution in [3.8, 4) is 0 Å². The Balaban J connectivity index is 1.07. The number of carbonyl (C=O) groups excluding carboxylic acids is 2. The van der Waals surface area contributed by atoms with Gasteiger partial charge in [0.05, 0.1) is 12.0 Å². The Bertz CT molecular complexity index is 1340. The van der Waals surface area contributed by atoms with Gasteiger partial charge in [0, 0.05) is 18.7 Å². The van der Waals surface area contributed by atoms with E-state index in [1.54, 1.807) is 0 Å². The predicted molar refractivity (Wildman–Crippen MR) is 181 cm³/mol. The Hall–Kier alpha value is -4.38. The monoisotopic (exact) mass is 589 g/mol. The number of nitrogen functional groups attached to an aromatic ring is 1. The number of hydrogen-bond acceptors (Lipinski definition) is 3. The molecule has 0 aliphatic rings. The summed E-state index contributed by atoms with van der Waals surface area (Å²) < 4.78 is 0. The highest BCUT2D eigenvalue weighted by Gasteiger charge is 2.22. The van der Waals surface area contributed by atoms with Gasteiger partial charge in [0.2, 0.25) is 11.8 Å². The van der Waals surface area contributed by atoms with Crippen molar-refractivity contribution < 1.29 is 9.59 Å². The van der Waals surface area contributed by atoms with Gasteiger partial charge in [0.25, 0.3) is 0 Å². The number of unbranched alkanes of at least 4 members (excludes halogenated alkanes) is 7. The van der Waals surface area contributed by atoms with E-state index in [1.165, 1.54) is 19.3 Å². The molecule has 5 nitrogen and oxygen atoms in total. The van der Waals surface area contributed by atoms with Gasteiger partial charge in [-0.15, -0.1) is 0 Å². The molecule has 230 valence electrons. The first-order chi connectivity index (χ1) is 21.6. The van der Waals surface area contributed by atoms with Gasteiger partial charge >= 0.3 is 0 Å². The zero-order chi connectivity index (χ0) is 30.8. The fraction of sp³-hybridized carbons (Fsp3) is 0.333. The molecule has 44 heavy (non-hydrogen) atoms. The van der Waals surface area contributed by atoms with E-state index < -0.39 is 0 Å². The van der Waals surface area contributed by atoms with Gasteiger partial charge in [-0.3, -0.25) is 9.59 Å². The Labute approximate surface area is 263 Å². The number of rotatable bonds is 18. The molecule has 0 spiro atoms. The van der Waals surface area contributed by atoms with Gasteiger partial charge in [-0.2, -0.15) is 0 Å². The summed E-state index contributed by atoms with van der Waals surface area (Å²) in [5.74, 6) is -0.114. The highest BCUT2D eigenvalue weighted by molar-refractivity contribution is 5.87. The average Bonchev–Trinajstić information content (AvgIpc) is 3.06. The third-order valence-corrected chi connectivity index (χ3v) is 8.11. The molecule has 4 aromatic rings. The molecule has 4 aromatic carbocycles. The van der Waals surface area contributed by atoms with Crippen molar-refractivity contribution >= 4 is 17.5 Å². The molecule has 0 fully saturated rings. The fourth-order valence-electron chi connectivity index (χ4n) is 5.66. The van der Waals surface area contributed by atoms with Crippen molar-refractivity contribution in [3.05, 3.63) is 138 Å². The maximum atomic E-state index is 13.1. The van der Waals surface area contributed by atoms with Crippen LogP contribution in [0.15, 0.2) is 115 Å². The third kappa shape index (κ3) is 11.0. The van der Waals surface area contributed by atoms with Gasteiger partial charge in [0.1, 0.15) is 0 Å². The molecule has 0 saturated heterocycles. The molecule has 0 bridgehead atoms. The number of anilines is 1. The standard InChI is InChI=1S/C39H47N3O2/c40-35-27-25-31(26-28-35)30-36(32-18-10-7-11-19-32)42-37(43)24-16-5-3-1-2-4-6-17-29-41-39(44)38(33-20-12-8-13-21-33)34-22-14-9-15-23-34/h7-15,18-23,25-28,36,38H,1-6,16-17,24,29-30,40H2,(H,41,44)(H,42,43). The first-order valence-corrected chi connectivity index (χ1v) is 16.2. The van der Waals surface area contributed by atoms with Gasteiger partial charge in [-0.1, -0.05) is 142 Å². The number of nitrogens with two attached hydrogens (primary N) is 1. The van der Waals surface area contributed by atoms with Crippen LogP contribution in [0.25, 0.3) is 0 Å². The molecule has 0 heterocycles. The second-order valence-corrected chi connectivity index (χ2v) is 11.6. The minimum atomic E-state index is -0.285. The maximum Gasteiger partial charge on any atom is 0.232 e. The number of benzene rings is 4. The smallest absolute Gasteiger partial charge is 0.232 e. The Morgan fingerprint density at radius 1 is 0.568 bits per heavy atom. The normalized spacial score (nSPS) is 11.7. The predicted octanol–water partition coefficient (Wildman–Crippen LogP) is 8.13. The molecular formula is C39H47N3O2. The lowest BCUT2D eigenvalue weighted by atomic mass is 9.90. The van der Waals surface area contributed by atoms with Gasteiger partial charge in [-0.05, 0) is 53.6 Å². The SMILES string of the molecule is Nc1ccc(CC(NC(=O)CCCCCCCCCCNC(=O)C(c2ccccc2)c2ccccc2)c2ccccc2)cc1. The number of nitrogens with one attached hydrogen (secondary N) is 2. The Morgan fingerprint density at radius 2 is 1.05 bits per heavy atom. The molecule has 0 aromatic heterocycles. The Kier molecular flexibility index (Phi) is 13.5. The summed E-state index contributed by atoms with van der Waals surface area (Å²) in [6.07, 6.45) is 10.0. The first kappa shape index (κ1) is 32.5. The number of hydrogen-bond donors (Lipinski definition) is 3. The lowest BCUT2D eigenvalue weighted by molar-refractivity contribution is -0.122. The molecule has 0 aliphatic carbocycles. The quantitative estimate of drug-likeness (QED) is 0.0809. The zero-order valence-electron chi connectivity index (χ0n) is 25.8. The maximum absolute atomic E-state index is 13.1. The number of amides is 2. The van der Waals surface area contributed by atoms with Gasteiger partial charge < -0.3 is 16.4 Å². The van der Waals surface area contributed by atoms with Crippen LogP contribution in [0.2, 0.25) is 0 Å². The van der Waals surface area contributed by atoms with Crippen LogP contribution in [-0.4, -0.2) is 18.4 Å². The molecule has 0 aliphatic heterocycles. The minimum Gasteiger partial charge on any atom is -0.399 e. The van der Waals surface area contributed by atoms with Crippen molar-refractivity contribution in [2.45, 2.75) is 76.2 Å². The molecule has 5 heteroatoms. The average molecular weight is 590 g/mol. The van der Waals surface area contributed by atoms with E-state index in [0.29, 0.717) is 13.0 Å². The van der Waals surface area contributed by atoms with Crippen LogP contribution < -0.4 is 16.4 Å². The summed E-state index contributed by atoms with van der Waals surface area (Å²) in [5.41, 5.74) is 10.9. The molecule has 2 amide bonds. The van der Waals surface area contributed by atoms with Crippen LogP contribution in [0, 0.1) is 0 Å². The minimum absolute atomic E-state index is 0.0559. The molecule has 0 saturated carbocycles. The van der Waals surface area contributed by atoms with Crippen molar-refractivity contribution in [1.29, 1.82) is 0 Å². The first-order valence-electron chi connectivity index (χ1n) is 16.2. The molecule has 1 unspecified atom stereocenters. The lowest BCUT2D eigenvalue weighted by Crippen LogP contribution is -2.30. The largest absolute Gasteiger partial charge is 0.399 e. The van der Waals surface area contributed by atoms with Gasteiger partial charge in [0.15, 0.2) is 0 Å². The lowest BCUT2D eigenvalue weighted by Gasteiger charge is -2.20. The van der Waals surface area contributed by atoms with Crippen molar-refractivity contribution in [1.82, 2.24) is 10.6 Å². The summed E-state index contributed by atoms with van der Waals surface area (Å²) in [6.45, 7) is 0.701. The van der Waals surface area contributed by atoms with E-state index in [2.05, 4.69) is 22.8 Å². The van der Waals surface area contributed by atoms with Crippen molar-refractivity contribution in [2.75, 3.05) is 12.3 Å². The second-order valence-electron chi connectivity index (χ2n) is 11.6. The summed E-state index contributed by atoms with van der Waals surface area (Å²) >= 11 is 0. The van der Waals surface area contributed by atoms with E-state index in [-0.39, 0.29) is 23.8 Å². The third-order valence-electron chi connectivity index (χ3n) is 8.11. The van der Waals surface area contributed by atoms with E-state index in [4.69, 9.17) is 5.73 Å². The summed E-state index contributed by atoms with van der Waals surface area (Å²) in [5, 5.41) is 6.43. The molecule has 4 rings (SSSR count). The van der Waals surface area contributed by atoms with Crippen LogP contribution in [-0.2, 0) is 16.0 Å². The van der Waals surface area contributed by atoms with Crippen molar-refractivity contribution in [3.63, 3.8) is 0 Å². The highest BCUT2D eigenvalue weighted by atomic mass is 16.2. The summed E-state index contributed by atoms with van der Waals surface area (Å²) in [4.78, 5) is 25.9. The van der Waals surface area contributed by atoms with Crippen LogP contribution in [0.4, 0.5) is 5.69 Å². The topological polar surface area (TPSA) is 84.2 Å². The molecule has 4 N–H and O–H groups in total. The zero-order valence-corrected chi connectivity index (χ0v) is 25.8. The van der Waals surface area contributed by atoms with Crippen LogP contribution in [0.3, 0.4) is 0 Å². The van der Waals surface area contributed by atoms with Crippen LogP contribution in [0.5, 0.6) is 0 Å². The summed E-state index contributed by atoms with van der Waals surface area (Å²) in [7, 11) is 0. The molecular weight excluding hydrogens is 542 g/mol. The summed E-state index contributed by atoms with van der Waals surface area (Å²) in [6, 6.07) is 38.0. The molecule has 0 radical (unpaired) electrons. The highest BCUT2D eigenvalue weighted by Crippen LogP contribution is 2.25. The van der Waals surface area contributed by atoms with E-state index in [1.807, 2.05) is 103 Å². The fourth-order valence-corrected chi connectivity index (χ4v) is 5.66. The van der Waals surface area contributed by atoms with Gasteiger partial charge in [-0.25, -0.2) is 0 Å². The van der Waals surface area contributed by atoms with E-state index in [0.717, 1.165) is 66.5 Å². The van der Waals surface area contributed by atoms with Crippen LogP contribution in [0.1, 0.15) is 92.0 Å². The second kappa shape index (κ2) is 18.3. The van der Waals surface area contributed by atoms with Crippen LogP contribution >= 0.6 is 0 Å².